The number of carbonyl (C=O) groups excluding carboxylic acids is 3. The molecule has 176 valence electrons. The number of hydrogen-bond donors (Lipinski definition) is 1. The third-order valence-electron chi connectivity index (χ3n) is 4.89. The van der Waals surface area contributed by atoms with Crippen molar-refractivity contribution in [1.82, 2.24) is 10.2 Å². The van der Waals surface area contributed by atoms with Crippen molar-refractivity contribution in [2.75, 3.05) is 26.1 Å². The lowest BCUT2D eigenvalue weighted by atomic mass is 9.92. The van der Waals surface area contributed by atoms with Crippen molar-refractivity contribution in [2.45, 2.75) is 31.3 Å². The standard InChI is InChI=1S/C19H20Cl3IN2O6S/c1-17(23)10-32-16-19(29-2,24-12(26)8-30-11-6-4-3-5-7-11)15(28)25(16)13(17)14(27)31-9-18(20,21)22/h3-7,13,16H,8-10H2,1-2H3,(H,24,26)/t13?,16-,17?,19?/m1/s1. The topological polar surface area (TPSA) is 94.2 Å². The fraction of sp³-hybridized carbons (Fsp3) is 0.526. The number of esters is 1. The molecule has 1 aromatic carbocycles. The Hall–Kier alpha value is -0.660. The van der Waals surface area contributed by atoms with E-state index in [0.29, 0.717) is 11.5 Å². The minimum atomic E-state index is -1.78. The maximum Gasteiger partial charge on any atom is 0.330 e. The molecule has 0 spiro atoms. The van der Waals surface area contributed by atoms with Crippen LogP contribution in [-0.4, -0.2) is 73.1 Å². The van der Waals surface area contributed by atoms with E-state index in [2.05, 4.69) is 27.9 Å². The number of alkyl halides is 4. The fourth-order valence-corrected chi connectivity index (χ4v) is 6.22. The molecule has 0 radical (unpaired) electrons. The number of fused-ring (bicyclic) bond motifs is 1. The van der Waals surface area contributed by atoms with Crippen molar-refractivity contribution in [3.63, 3.8) is 0 Å². The minimum absolute atomic E-state index is 0.307. The smallest absolute Gasteiger partial charge is 0.330 e. The van der Waals surface area contributed by atoms with Gasteiger partial charge in [-0.15, -0.1) is 11.8 Å². The van der Waals surface area contributed by atoms with Gasteiger partial charge in [0.25, 0.3) is 17.5 Å². The molecule has 4 atom stereocenters. The van der Waals surface area contributed by atoms with Crippen LogP contribution in [0.25, 0.3) is 0 Å². The molecule has 2 saturated heterocycles. The summed E-state index contributed by atoms with van der Waals surface area (Å²) >= 11 is 20.5. The maximum absolute atomic E-state index is 13.2. The Kier molecular flexibility index (Phi) is 8.04. The highest BCUT2D eigenvalue weighted by molar-refractivity contribution is 14.1. The molecular weight excluding hydrogens is 618 g/mol. The van der Waals surface area contributed by atoms with Crippen LogP contribution >= 0.6 is 69.2 Å². The summed E-state index contributed by atoms with van der Waals surface area (Å²) in [5, 5.41) is 1.98. The van der Waals surface area contributed by atoms with Crippen molar-refractivity contribution in [3.8, 4) is 5.75 Å². The number of hydrogen-bond acceptors (Lipinski definition) is 7. The zero-order valence-electron chi connectivity index (χ0n) is 17.0. The molecule has 0 aromatic heterocycles. The van der Waals surface area contributed by atoms with Crippen molar-refractivity contribution in [2.24, 2.45) is 0 Å². The van der Waals surface area contributed by atoms with E-state index < -0.39 is 48.7 Å². The summed E-state index contributed by atoms with van der Waals surface area (Å²) in [7, 11) is 1.32. The van der Waals surface area contributed by atoms with Gasteiger partial charge in [-0.25, -0.2) is 4.79 Å². The molecule has 1 aromatic rings. The highest BCUT2D eigenvalue weighted by Crippen LogP contribution is 2.50. The quantitative estimate of drug-likeness (QED) is 0.162. The molecule has 2 aliphatic rings. The van der Waals surface area contributed by atoms with Crippen LogP contribution in [0.1, 0.15) is 6.92 Å². The Balaban J connectivity index is 1.72. The zero-order chi connectivity index (χ0) is 23.7. The molecule has 2 aliphatic heterocycles. The van der Waals surface area contributed by atoms with Gasteiger partial charge in [0.2, 0.25) is 3.79 Å². The van der Waals surface area contributed by atoms with Gasteiger partial charge in [-0.2, -0.15) is 0 Å². The van der Waals surface area contributed by atoms with E-state index in [9.17, 15) is 14.4 Å². The highest BCUT2D eigenvalue weighted by atomic mass is 127. The van der Waals surface area contributed by atoms with Crippen LogP contribution in [0.15, 0.2) is 30.3 Å². The van der Waals surface area contributed by atoms with Gasteiger partial charge < -0.3 is 24.4 Å². The molecule has 8 nitrogen and oxygen atoms in total. The largest absolute Gasteiger partial charge is 0.484 e. The second kappa shape index (κ2) is 9.91. The average Bonchev–Trinajstić information content (AvgIpc) is 2.73. The van der Waals surface area contributed by atoms with Crippen LogP contribution in [0.4, 0.5) is 0 Å². The molecule has 3 unspecified atom stereocenters. The molecule has 2 fully saturated rings. The first-order valence-corrected chi connectivity index (χ1v) is 12.6. The van der Waals surface area contributed by atoms with Gasteiger partial charge in [0.1, 0.15) is 23.8 Å². The number of nitrogens with one attached hydrogen (secondary N) is 1. The monoisotopic (exact) mass is 636 g/mol. The summed E-state index contributed by atoms with van der Waals surface area (Å²) < 4.78 is 13.6. The first-order valence-electron chi connectivity index (χ1n) is 9.32. The van der Waals surface area contributed by atoms with Crippen LogP contribution in [0.3, 0.4) is 0 Å². The summed E-state index contributed by atoms with van der Waals surface area (Å²) in [6.07, 6.45) is 0. The Morgan fingerprint density at radius 1 is 1.31 bits per heavy atom. The number of ether oxygens (including phenoxy) is 3. The molecule has 13 heteroatoms. The summed E-state index contributed by atoms with van der Waals surface area (Å²) in [5.74, 6) is -0.807. The number of amides is 2. The molecule has 0 saturated carbocycles. The predicted molar refractivity (Wildman–Crippen MR) is 130 cm³/mol. The van der Waals surface area contributed by atoms with Crippen LogP contribution in [0.2, 0.25) is 0 Å². The van der Waals surface area contributed by atoms with Crippen molar-refractivity contribution < 1.29 is 28.6 Å². The van der Waals surface area contributed by atoms with E-state index in [4.69, 9.17) is 49.0 Å². The van der Waals surface area contributed by atoms with E-state index in [-0.39, 0.29) is 6.61 Å². The molecule has 32 heavy (non-hydrogen) atoms. The molecule has 2 heterocycles. The van der Waals surface area contributed by atoms with E-state index in [1.807, 2.05) is 13.0 Å². The Labute approximate surface area is 218 Å². The molecular formula is C19H20Cl3IN2O6S. The normalized spacial score (nSPS) is 29.6. The summed E-state index contributed by atoms with van der Waals surface area (Å²) in [5.41, 5.74) is -1.62. The number of methoxy groups -OCH3 is 1. The second-order valence-corrected chi connectivity index (χ2v) is 13.4. The van der Waals surface area contributed by atoms with Gasteiger partial charge >= 0.3 is 5.97 Å². The summed E-state index contributed by atoms with van der Waals surface area (Å²) in [6, 6.07) is 7.85. The van der Waals surface area contributed by atoms with E-state index in [1.54, 1.807) is 24.3 Å². The number of halogens is 4. The first kappa shape index (κ1) is 26.0. The summed E-state index contributed by atoms with van der Waals surface area (Å²) in [6.45, 7) is 1.06. The Morgan fingerprint density at radius 3 is 2.56 bits per heavy atom. The number of benzene rings is 1. The van der Waals surface area contributed by atoms with E-state index in [1.165, 1.54) is 23.8 Å². The molecule has 0 aliphatic carbocycles. The lowest BCUT2D eigenvalue weighted by Gasteiger charge is -2.60. The SMILES string of the molecule is COC1(NC(=O)COc2ccccc2)C(=O)N2C(C(=O)OCC(Cl)(Cl)Cl)C(C)(I)CS[C@@H]21. The lowest BCUT2D eigenvalue weighted by molar-refractivity contribution is -0.206. The number of β-lactam (4-membered cyclic amide) rings is 1. The van der Waals surface area contributed by atoms with Crippen LogP contribution in [-0.2, 0) is 23.9 Å². The van der Waals surface area contributed by atoms with Crippen molar-refractivity contribution >= 4 is 86.9 Å². The predicted octanol–water partition coefficient (Wildman–Crippen LogP) is 2.92. The van der Waals surface area contributed by atoms with Crippen LogP contribution in [0, 0.1) is 0 Å². The lowest BCUT2D eigenvalue weighted by Crippen LogP contribution is -2.85. The third kappa shape index (κ3) is 5.35. The Bertz CT molecular complexity index is 888. The number of carbonyl (C=O) groups is 3. The molecule has 2 amide bonds. The third-order valence-corrected chi connectivity index (χ3v) is 8.34. The molecule has 1 N–H and O–H groups in total. The van der Waals surface area contributed by atoms with Crippen LogP contribution < -0.4 is 10.1 Å². The minimum Gasteiger partial charge on any atom is -0.484 e. The first-order chi connectivity index (χ1) is 14.9. The Morgan fingerprint density at radius 2 is 1.97 bits per heavy atom. The zero-order valence-corrected chi connectivity index (χ0v) is 22.2. The van der Waals surface area contributed by atoms with Crippen molar-refractivity contribution in [1.29, 1.82) is 0 Å². The van der Waals surface area contributed by atoms with Gasteiger partial charge in [0.15, 0.2) is 6.61 Å². The number of nitrogens with zero attached hydrogens (tertiary/aromatic N) is 1. The average molecular weight is 638 g/mol. The number of thioether (sulfide) groups is 1. The highest BCUT2D eigenvalue weighted by Gasteiger charge is 2.70. The molecule has 0 bridgehead atoms. The van der Waals surface area contributed by atoms with Gasteiger partial charge in [-0.1, -0.05) is 75.6 Å². The van der Waals surface area contributed by atoms with Gasteiger partial charge in [0, 0.05) is 12.9 Å². The van der Waals surface area contributed by atoms with E-state index >= 15 is 0 Å². The number of rotatable bonds is 7. The van der Waals surface area contributed by atoms with E-state index in [0.717, 1.165) is 0 Å². The van der Waals surface area contributed by atoms with Gasteiger partial charge in [-0.3, -0.25) is 9.59 Å². The fourth-order valence-electron chi connectivity index (χ4n) is 3.45. The van der Waals surface area contributed by atoms with Crippen LogP contribution in [0.5, 0.6) is 5.75 Å². The number of para-hydroxylation sites is 1. The van der Waals surface area contributed by atoms with Crippen molar-refractivity contribution in [3.05, 3.63) is 30.3 Å². The molecule has 3 rings (SSSR count). The van der Waals surface area contributed by atoms with Gasteiger partial charge in [-0.05, 0) is 19.1 Å². The maximum atomic E-state index is 13.2. The second-order valence-electron chi connectivity index (χ2n) is 7.37. The van der Waals surface area contributed by atoms with Gasteiger partial charge in [0.05, 0.1) is 3.42 Å². The summed E-state index contributed by atoms with van der Waals surface area (Å²) in [4.78, 5) is 39.9.